The zero-order valence-electron chi connectivity index (χ0n) is 14.2. The predicted molar refractivity (Wildman–Crippen MR) is 95.3 cm³/mol. The second kappa shape index (κ2) is 7.82. The first-order chi connectivity index (χ1) is 11.1. The number of rotatable bonds is 4. The molecule has 1 aromatic rings. The second-order valence-electron chi connectivity index (χ2n) is 7.06. The van der Waals surface area contributed by atoms with Gasteiger partial charge in [-0.2, -0.15) is 0 Å². The number of pyridine rings is 1. The summed E-state index contributed by atoms with van der Waals surface area (Å²) in [7, 11) is 0. The van der Waals surface area contributed by atoms with E-state index in [-0.39, 0.29) is 0 Å². The molecule has 0 bridgehead atoms. The topological polar surface area (TPSA) is 28.6 Å². The fraction of sp³-hybridized carbons (Fsp3) is 0.722. The Balaban J connectivity index is 1.44. The van der Waals surface area contributed by atoms with Crippen molar-refractivity contribution in [3.05, 3.63) is 23.5 Å². The number of piperidine rings is 1. The van der Waals surface area contributed by atoms with Crippen molar-refractivity contribution in [1.29, 1.82) is 0 Å². The van der Waals surface area contributed by atoms with Crippen LogP contribution in [0.4, 0.5) is 5.69 Å². The Kier molecular flexibility index (Phi) is 5.78. The lowest BCUT2D eigenvalue weighted by Crippen LogP contribution is -2.46. The van der Waals surface area contributed by atoms with Gasteiger partial charge >= 0.3 is 0 Å². The molecule has 0 N–H and O–H groups in total. The molecule has 1 aromatic heterocycles. The van der Waals surface area contributed by atoms with Crippen LogP contribution in [0.25, 0.3) is 0 Å². The number of hydrogen-bond acceptors (Lipinski definition) is 4. The molecule has 0 saturated carbocycles. The van der Waals surface area contributed by atoms with Crippen molar-refractivity contribution < 1.29 is 4.74 Å². The molecular formula is C18H28ClN3O. The zero-order valence-corrected chi connectivity index (χ0v) is 15.0. The minimum absolute atomic E-state index is 0.370. The van der Waals surface area contributed by atoms with E-state index in [1.54, 1.807) is 6.20 Å². The van der Waals surface area contributed by atoms with Gasteiger partial charge in [-0.3, -0.25) is 9.88 Å². The largest absolute Gasteiger partial charge is 0.373 e. The number of halogens is 1. The number of aromatic nitrogens is 1. The fourth-order valence-electron chi connectivity index (χ4n) is 3.92. The van der Waals surface area contributed by atoms with Crippen LogP contribution < -0.4 is 4.90 Å². The minimum atomic E-state index is 0.370. The van der Waals surface area contributed by atoms with Crippen molar-refractivity contribution in [3.8, 4) is 0 Å². The molecule has 2 aliphatic heterocycles. The van der Waals surface area contributed by atoms with Crippen LogP contribution >= 0.6 is 11.6 Å². The summed E-state index contributed by atoms with van der Waals surface area (Å²) < 4.78 is 5.82. The van der Waals surface area contributed by atoms with Crippen molar-refractivity contribution in [2.45, 2.75) is 45.3 Å². The predicted octanol–water partition coefficient (Wildman–Crippen LogP) is 3.45. The first kappa shape index (κ1) is 17.0. The highest BCUT2D eigenvalue weighted by Crippen LogP contribution is 2.30. The van der Waals surface area contributed by atoms with E-state index >= 15 is 0 Å². The van der Waals surface area contributed by atoms with Crippen LogP contribution in [0.2, 0.25) is 5.02 Å². The van der Waals surface area contributed by atoms with E-state index in [4.69, 9.17) is 16.3 Å². The monoisotopic (exact) mass is 337 g/mol. The molecule has 23 heavy (non-hydrogen) atoms. The van der Waals surface area contributed by atoms with Crippen molar-refractivity contribution in [2.24, 2.45) is 5.92 Å². The average Bonchev–Trinajstić information content (AvgIpc) is 2.53. The molecule has 2 unspecified atom stereocenters. The lowest BCUT2D eigenvalue weighted by Gasteiger charge is -2.38. The van der Waals surface area contributed by atoms with E-state index < -0.39 is 0 Å². The van der Waals surface area contributed by atoms with Crippen molar-refractivity contribution in [3.63, 3.8) is 0 Å². The normalized spacial score (nSPS) is 27.3. The number of hydrogen-bond donors (Lipinski definition) is 0. The SMILES string of the molecule is CC1CN(CCC2CCN(c3ccncc3Cl)CC2)CC(C)O1. The van der Waals surface area contributed by atoms with Crippen molar-refractivity contribution in [1.82, 2.24) is 9.88 Å². The maximum atomic E-state index is 6.26. The lowest BCUT2D eigenvalue weighted by molar-refractivity contribution is -0.0690. The van der Waals surface area contributed by atoms with Crippen LogP contribution in [-0.2, 0) is 4.74 Å². The quantitative estimate of drug-likeness (QED) is 0.841. The summed E-state index contributed by atoms with van der Waals surface area (Å²) in [6.45, 7) is 9.93. The summed E-state index contributed by atoms with van der Waals surface area (Å²) >= 11 is 6.26. The van der Waals surface area contributed by atoms with E-state index in [2.05, 4.69) is 28.6 Å². The fourth-order valence-corrected chi connectivity index (χ4v) is 4.16. The smallest absolute Gasteiger partial charge is 0.0822 e. The third-order valence-electron chi connectivity index (χ3n) is 5.06. The lowest BCUT2D eigenvalue weighted by atomic mass is 9.93. The van der Waals surface area contributed by atoms with E-state index in [1.807, 2.05) is 12.3 Å². The molecular weight excluding hydrogens is 310 g/mol. The standard InChI is InChI=1S/C18H28ClN3O/c1-14-12-21(13-15(2)23-14)8-4-16-5-9-22(10-6-16)18-3-7-20-11-17(18)19/h3,7,11,14-16H,4-6,8-10,12-13H2,1-2H3. The van der Waals surface area contributed by atoms with Gasteiger partial charge in [-0.05, 0) is 51.6 Å². The Morgan fingerprint density at radius 3 is 2.57 bits per heavy atom. The molecule has 3 heterocycles. The Labute approximate surface area is 144 Å². The van der Waals surface area contributed by atoms with Crippen molar-refractivity contribution >= 4 is 17.3 Å². The Morgan fingerprint density at radius 2 is 1.91 bits per heavy atom. The van der Waals surface area contributed by atoms with Gasteiger partial charge in [-0.1, -0.05) is 11.6 Å². The molecule has 0 radical (unpaired) electrons. The molecule has 2 saturated heterocycles. The van der Waals surface area contributed by atoms with Gasteiger partial charge in [-0.15, -0.1) is 0 Å². The number of ether oxygens (including phenoxy) is 1. The maximum absolute atomic E-state index is 6.26. The summed E-state index contributed by atoms with van der Waals surface area (Å²) in [4.78, 5) is 9.05. The summed E-state index contributed by atoms with van der Waals surface area (Å²) in [6, 6.07) is 2.03. The number of nitrogens with zero attached hydrogens (tertiary/aromatic N) is 3. The van der Waals surface area contributed by atoms with Gasteiger partial charge in [0.05, 0.1) is 22.9 Å². The van der Waals surface area contributed by atoms with Gasteiger partial charge in [0.1, 0.15) is 0 Å². The molecule has 128 valence electrons. The number of anilines is 1. The highest BCUT2D eigenvalue weighted by molar-refractivity contribution is 6.33. The van der Waals surface area contributed by atoms with Gasteiger partial charge in [0.15, 0.2) is 0 Å². The zero-order chi connectivity index (χ0) is 16.2. The third kappa shape index (κ3) is 4.59. The van der Waals surface area contributed by atoms with E-state index in [0.717, 1.165) is 42.8 Å². The first-order valence-electron chi connectivity index (χ1n) is 8.84. The molecule has 2 aliphatic rings. The van der Waals surface area contributed by atoms with Crippen LogP contribution in [0.3, 0.4) is 0 Å². The Hall–Kier alpha value is -0.840. The van der Waals surface area contributed by atoms with Crippen LogP contribution in [0.15, 0.2) is 18.5 Å². The summed E-state index contributed by atoms with van der Waals surface area (Å²) in [6.07, 6.45) is 8.13. The van der Waals surface area contributed by atoms with Gasteiger partial charge < -0.3 is 9.64 Å². The van der Waals surface area contributed by atoms with Crippen LogP contribution in [0.5, 0.6) is 0 Å². The molecule has 0 amide bonds. The summed E-state index contributed by atoms with van der Waals surface area (Å²) in [5.74, 6) is 0.834. The molecule has 0 aliphatic carbocycles. The second-order valence-corrected chi connectivity index (χ2v) is 7.47. The molecule has 2 fully saturated rings. The van der Waals surface area contributed by atoms with Crippen molar-refractivity contribution in [2.75, 3.05) is 37.6 Å². The highest BCUT2D eigenvalue weighted by atomic mass is 35.5. The maximum Gasteiger partial charge on any atom is 0.0822 e. The summed E-state index contributed by atoms with van der Waals surface area (Å²) in [5, 5.41) is 0.766. The van der Waals surface area contributed by atoms with Gasteiger partial charge in [0.2, 0.25) is 0 Å². The van der Waals surface area contributed by atoms with E-state index in [1.165, 1.54) is 25.8 Å². The molecule has 0 aromatic carbocycles. The Bertz CT molecular complexity index is 495. The third-order valence-corrected chi connectivity index (χ3v) is 5.35. The molecule has 3 rings (SSSR count). The van der Waals surface area contributed by atoms with E-state index in [0.29, 0.717) is 12.2 Å². The molecule has 4 nitrogen and oxygen atoms in total. The van der Waals surface area contributed by atoms with E-state index in [9.17, 15) is 0 Å². The van der Waals surface area contributed by atoms with Gasteiger partial charge in [0.25, 0.3) is 0 Å². The first-order valence-corrected chi connectivity index (χ1v) is 9.22. The molecule has 0 spiro atoms. The minimum Gasteiger partial charge on any atom is -0.373 e. The van der Waals surface area contributed by atoms with Gasteiger partial charge in [0, 0.05) is 38.6 Å². The average molecular weight is 338 g/mol. The van der Waals surface area contributed by atoms with Crippen LogP contribution in [0, 0.1) is 5.92 Å². The molecule has 5 heteroatoms. The van der Waals surface area contributed by atoms with Crippen LogP contribution in [-0.4, -0.2) is 54.8 Å². The summed E-state index contributed by atoms with van der Waals surface area (Å²) in [5.41, 5.74) is 1.14. The molecule has 2 atom stereocenters. The number of morpholine rings is 1. The van der Waals surface area contributed by atoms with Crippen LogP contribution in [0.1, 0.15) is 33.1 Å². The highest BCUT2D eigenvalue weighted by Gasteiger charge is 2.24. The Morgan fingerprint density at radius 1 is 1.22 bits per heavy atom. The van der Waals surface area contributed by atoms with Gasteiger partial charge in [-0.25, -0.2) is 0 Å².